The average Bonchev–Trinajstić information content (AvgIpc) is 2.85. The molecular weight excluding hydrogens is 262 g/mol. The number of hydrogen-bond acceptors (Lipinski definition) is 4. The van der Waals surface area contributed by atoms with Crippen molar-refractivity contribution >= 4 is 15.7 Å². The molecule has 1 aliphatic heterocycles. The fourth-order valence-electron chi connectivity index (χ4n) is 2.40. The van der Waals surface area contributed by atoms with Crippen molar-refractivity contribution in [3.8, 4) is 0 Å². The van der Waals surface area contributed by atoms with Crippen LogP contribution in [0.2, 0.25) is 0 Å². The number of nitrogens with two attached hydrogens (primary N) is 1. The molecule has 1 aliphatic rings. The van der Waals surface area contributed by atoms with Gasteiger partial charge in [-0.1, -0.05) is 19.1 Å². The van der Waals surface area contributed by atoms with Crippen LogP contribution in [0.5, 0.6) is 0 Å². The summed E-state index contributed by atoms with van der Waals surface area (Å²) >= 11 is 0. The van der Waals surface area contributed by atoms with Crippen molar-refractivity contribution in [3.05, 3.63) is 24.3 Å². The van der Waals surface area contributed by atoms with Crippen LogP contribution in [0.1, 0.15) is 13.3 Å². The molecular formula is C13H21N3O2S. The van der Waals surface area contributed by atoms with Gasteiger partial charge in [0.2, 0.25) is 10.0 Å². The van der Waals surface area contributed by atoms with Gasteiger partial charge >= 0.3 is 0 Å². The van der Waals surface area contributed by atoms with E-state index in [4.69, 9.17) is 5.73 Å². The molecule has 0 aliphatic carbocycles. The first kappa shape index (κ1) is 14.3. The maximum atomic E-state index is 12.2. The van der Waals surface area contributed by atoms with E-state index < -0.39 is 10.0 Å². The summed E-state index contributed by atoms with van der Waals surface area (Å²) in [6.07, 6.45) is 1.04. The van der Waals surface area contributed by atoms with Gasteiger partial charge in [-0.05, 0) is 37.6 Å². The lowest BCUT2D eigenvalue weighted by atomic mass is 10.1. The fourth-order valence-corrected chi connectivity index (χ4v) is 3.64. The predicted molar refractivity (Wildman–Crippen MR) is 76.3 cm³/mol. The summed E-state index contributed by atoms with van der Waals surface area (Å²) in [7, 11) is -3.50. The van der Waals surface area contributed by atoms with E-state index in [9.17, 15) is 8.42 Å². The SMILES string of the molecule is CCN1CCC(CNS(=O)(=O)c2ccccc2N)C1. The molecule has 1 aromatic carbocycles. The normalized spacial score (nSPS) is 20.8. The Bertz CT molecular complexity index is 530. The standard InChI is InChI=1S/C13H21N3O2S/c1-2-16-8-7-11(10-16)9-15-19(17,18)13-6-4-3-5-12(13)14/h3-6,11,15H,2,7-10,14H2,1H3. The fraction of sp³-hybridized carbons (Fsp3) is 0.538. The maximum Gasteiger partial charge on any atom is 0.242 e. The van der Waals surface area contributed by atoms with Crippen LogP contribution in [0.3, 0.4) is 0 Å². The molecule has 2 rings (SSSR count). The highest BCUT2D eigenvalue weighted by molar-refractivity contribution is 7.89. The van der Waals surface area contributed by atoms with Gasteiger partial charge < -0.3 is 10.6 Å². The number of nitrogen functional groups attached to an aromatic ring is 1. The highest BCUT2D eigenvalue weighted by Crippen LogP contribution is 2.19. The van der Waals surface area contributed by atoms with Gasteiger partial charge in [0, 0.05) is 13.1 Å². The van der Waals surface area contributed by atoms with Gasteiger partial charge in [0.25, 0.3) is 0 Å². The molecule has 0 bridgehead atoms. The highest BCUT2D eigenvalue weighted by atomic mass is 32.2. The minimum atomic E-state index is -3.50. The lowest BCUT2D eigenvalue weighted by Gasteiger charge is -2.14. The number of benzene rings is 1. The summed E-state index contributed by atoms with van der Waals surface area (Å²) in [5, 5.41) is 0. The molecule has 5 nitrogen and oxygen atoms in total. The molecule has 0 aromatic heterocycles. The molecule has 1 saturated heterocycles. The van der Waals surface area contributed by atoms with Crippen molar-refractivity contribution in [1.82, 2.24) is 9.62 Å². The molecule has 1 fully saturated rings. The van der Waals surface area contributed by atoms with Gasteiger partial charge in [0.05, 0.1) is 5.69 Å². The summed E-state index contributed by atoms with van der Waals surface area (Å²) < 4.78 is 27.0. The topological polar surface area (TPSA) is 75.4 Å². The molecule has 19 heavy (non-hydrogen) atoms. The number of anilines is 1. The average molecular weight is 283 g/mol. The Kier molecular flexibility index (Phi) is 4.44. The Balaban J connectivity index is 1.97. The monoisotopic (exact) mass is 283 g/mol. The van der Waals surface area contributed by atoms with Crippen molar-refractivity contribution in [3.63, 3.8) is 0 Å². The zero-order valence-electron chi connectivity index (χ0n) is 11.2. The largest absolute Gasteiger partial charge is 0.398 e. The van der Waals surface area contributed by atoms with Crippen LogP contribution in [-0.4, -0.2) is 39.5 Å². The van der Waals surface area contributed by atoms with Gasteiger partial charge in [-0.3, -0.25) is 0 Å². The number of nitrogens with one attached hydrogen (secondary N) is 1. The quantitative estimate of drug-likeness (QED) is 0.787. The third kappa shape index (κ3) is 3.46. The summed E-state index contributed by atoms with van der Waals surface area (Å²) in [6.45, 7) is 5.64. The zero-order valence-corrected chi connectivity index (χ0v) is 12.0. The number of para-hydroxylation sites is 1. The first-order chi connectivity index (χ1) is 9.03. The first-order valence-corrected chi connectivity index (χ1v) is 8.07. The number of rotatable bonds is 5. The van der Waals surface area contributed by atoms with Crippen molar-refractivity contribution < 1.29 is 8.42 Å². The minimum absolute atomic E-state index is 0.167. The molecule has 0 radical (unpaired) electrons. The van der Waals surface area contributed by atoms with Gasteiger partial charge in [0.1, 0.15) is 4.90 Å². The molecule has 0 amide bonds. The van der Waals surface area contributed by atoms with Crippen LogP contribution in [0.4, 0.5) is 5.69 Å². The Morgan fingerprint density at radius 1 is 1.42 bits per heavy atom. The molecule has 3 N–H and O–H groups in total. The van der Waals surface area contributed by atoms with E-state index in [1.54, 1.807) is 18.2 Å². The molecule has 1 heterocycles. The summed E-state index contributed by atoms with van der Waals surface area (Å²) in [4.78, 5) is 2.50. The van der Waals surface area contributed by atoms with Crippen LogP contribution in [0.15, 0.2) is 29.2 Å². The van der Waals surface area contributed by atoms with Crippen LogP contribution < -0.4 is 10.5 Å². The second kappa shape index (κ2) is 5.90. The van der Waals surface area contributed by atoms with Crippen molar-refractivity contribution in [1.29, 1.82) is 0 Å². The number of hydrogen-bond donors (Lipinski definition) is 2. The van der Waals surface area contributed by atoms with E-state index in [0.29, 0.717) is 12.5 Å². The van der Waals surface area contributed by atoms with E-state index in [1.807, 2.05) is 0 Å². The third-order valence-corrected chi connectivity index (χ3v) is 5.09. The molecule has 1 unspecified atom stereocenters. The van der Waals surface area contributed by atoms with E-state index in [1.165, 1.54) is 6.07 Å². The summed E-state index contributed by atoms with van der Waals surface area (Å²) in [5.74, 6) is 0.389. The molecule has 6 heteroatoms. The Morgan fingerprint density at radius 2 is 2.16 bits per heavy atom. The van der Waals surface area contributed by atoms with Crippen LogP contribution in [-0.2, 0) is 10.0 Å². The van der Waals surface area contributed by atoms with Gasteiger partial charge in [-0.2, -0.15) is 0 Å². The molecule has 106 valence electrons. The van der Waals surface area contributed by atoms with E-state index in [-0.39, 0.29) is 10.6 Å². The second-order valence-corrected chi connectivity index (χ2v) is 6.67. The molecule has 0 saturated carbocycles. The van der Waals surface area contributed by atoms with Gasteiger partial charge in [-0.15, -0.1) is 0 Å². The van der Waals surface area contributed by atoms with Crippen LogP contribution in [0.25, 0.3) is 0 Å². The maximum absolute atomic E-state index is 12.2. The number of sulfonamides is 1. The van der Waals surface area contributed by atoms with Crippen molar-refractivity contribution in [2.75, 3.05) is 31.9 Å². The smallest absolute Gasteiger partial charge is 0.242 e. The number of nitrogens with zero attached hydrogens (tertiary/aromatic N) is 1. The predicted octanol–water partition coefficient (Wildman–Crippen LogP) is 0.889. The van der Waals surface area contributed by atoms with E-state index >= 15 is 0 Å². The van der Waals surface area contributed by atoms with Crippen LogP contribution in [0, 0.1) is 5.92 Å². The van der Waals surface area contributed by atoms with Crippen LogP contribution >= 0.6 is 0 Å². The summed E-state index contributed by atoms with van der Waals surface area (Å²) in [5.41, 5.74) is 6.00. The van der Waals surface area contributed by atoms with Crippen molar-refractivity contribution in [2.45, 2.75) is 18.2 Å². The first-order valence-electron chi connectivity index (χ1n) is 6.59. The van der Waals surface area contributed by atoms with Gasteiger partial charge in [-0.25, -0.2) is 13.1 Å². The minimum Gasteiger partial charge on any atom is -0.398 e. The second-order valence-electron chi connectivity index (χ2n) is 4.94. The summed E-state index contributed by atoms with van der Waals surface area (Å²) in [6, 6.07) is 6.54. The molecule has 0 spiro atoms. The van der Waals surface area contributed by atoms with E-state index in [0.717, 1.165) is 26.1 Å². The molecule has 1 aromatic rings. The highest BCUT2D eigenvalue weighted by Gasteiger charge is 2.24. The Labute approximate surface area is 114 Å². The van der Waals surface area contributed by atoms with Crippen molar-refractivity contribution in [2.24, 2.45) is 5.92 Å². The zero-order chi connectivity index (χ0) is 13.9. The Hall–Kier alpha value is -1.11. The lowest BCUT2D eigenvalue weighted by molar-refractivity contribution is 0.342. The number of likely N-dealkylation sites (tertiary alicyclic amines) is 1. The third-order valence-electron chi connectivity index (χ3n) is 3.59. The van der Waals surface area contributed by atoms with E-state index in [2.05, 4.69) is 16.5 Å². The molecule has 1 atom stereocenters. The Morgan fingerprint density at radius 3 is 2.79 bits per heavy atom. The lowest BCUT2D eigenvalue weighted by Crippen LogP contribution is -2.31. The van der Waals surface area contributed by atoms with Gasteiger partial charge in [0.15, 0.2) is 0 Å².